The lowest BCUT2D eigenvalue weighted by molar-refractivity contribution is 0.103. The van der Waals surface area contributed by atoms with E-state index in [0.717, 1.165) is 31.3 Å². The van der Waals surface area contributed by atoms with Crippen LogP contribution in [0.25, 0.3) is 16.6 Å². The summed E-state index contributed by atoms with van der Waals surface area (Å²) < 4.78 is 22.5. The van der Waals surface area contributed by atoms with E-state index in [1.165, 1.54) is 16.9 Å². The number of ketones is 1. The summed E-state index contributed by atoms with van der Waals surface area (Å²) in [4.78, 5) is 19.0. The number of para-hydroxylation sites is 1. The zero-order valence-electron chi connectivity index (χ0n) is 22.9. The second-order valence-corrected chi connectivity index (χ2v) is 11.2. The van der Waals surface area contributed by atoms with Crippen LogP contribution in [0.2, 0.25) is 5.02 Å². The van der Waals surface area contributed by atoms with Crippen LogP contribution in [-0.2, 0) is 0 Å². The molecule has 1 saturated heterocycles. The van der Waals surface area contributed by atoms with Gasteiger partial charge in [-0.15, -0.1) is 0 Å². The maximum Gasteiger partial charge on any atom is 0.214 e. The number of nitrogens with one attached hydrogen (secondary N) is 1. The first kappa shape index (κ1) is 27.1. The largest absolute Gasteiger partial charge is 0.456 e. The number of likely N-dealkylation sites (tertiary alicyclic amines) is 1. The molecule has 0 spiro atoms. The number of piperidine rings is 1. The normalized spacial score (nSPS) is 14.7. The second kappa shape index (κ2) is 11.0. The van der Waals surface area contributed by atoms with Crippen LogP contribution < -0.4 is 10.5 Å². The molecule has 0 saturated carbocycles. The summed E-state index contributed by atoms with van der Waals surface area (Å²) in [6.07, 6.45) is 3.28. The highest BCUT2D eigenvalue weighted by Gasteiger charge is 2.25. The number of fused-ring (bicyclic) bond motifs is 1. The lowest BCUT2D eigenvalue weighted by Crippen LogP contribution is -2.37. The van der Waals surface area contributed by atoms with Gasteiger partial charge in [-0.3, -0.25) is 4.79 Å². The molecular weight excluding hydrogens is 541 g/mol. The number of hydrogen-bond acceptors (Lipinski definition) is 5. The molecule has 5 aromatic rings. The van der Waals surface area contributed by atoms with Gasteiger partial charge in [-0.1, -0.05) is 23.7 Å². The van der Waals surface area contributed by atoms with Crippen LogP contribution in [0.3, 0.4) is 0 Å². The minimum absolute atomic E-state index is 0.166. The Kier molecular flexibility index (Phi) is 7.28. The maximum atomic E-state index is 15.2. The van der Waals surface area contributed by atoms with Crippen molar-refractivity contribution in [1.82, 2.24) is 19.7 Å². The van der Waals surface area contributed by atoms with Crippen LogP contribution in [-0.4, -0.2) is 44.6 Å². The molecule has 9 heteroatoms. The Morgan fingerprint density at radius 2 is 1.83 bits per heavy atom. The number of nitrogen functional groups attached to an aromatic ring is 1. The molecule has 0 bridgehead atoms. The molecule has 1 aliphatic rings. The number of nitrogens with zero attached hydrogens (tertiary/aromatic N) is 3. The molecule has 7 nitrogen and oxygen atoms in total. The molecule has 0 atom stereocenters. The van der Waals surface area contributed by atoms with Gasteiger partial charge in [0.1, 0.15) is 23.1 Å². The number of aromatic nitrogens is 3. The zero-order chi connectivity index (χ0) is 28.7. The van der Waals surface area contributed by atoms with Crippen molar-refractivity contribution in [3.05, 3.63) is 101 Å². The van der Waals surface area contributed by atoms with Crippen molar-refractivity contribution in [2.45, 2.75) is 38.6 Å². The summed E-state index contributed by atoms with van der Waals surface area (Å²) in [5.41, 5.74) is 8.93. The van der Waals surface area contributed by atoms with Gasteiger partial charge in [-0.25, -0.2) is 9.07 Å². The number of halogens is 2. The molecule has 2 aromatic heterocycles. The second-order valence-electron chi connectivity index (χ2n) is 10.8. The number of benzene rings is 3. The summed E-state index contributed by atoms with van der Waals surface area (Å²) in [5, 5.41) is 5.67. The molecule has 41 heavy (non-hydrogen) atoms. The number of carbonyl (C=O) groups excluding carboxylic acids is 1. The average molecular weight is 572 g/mol. The van der Waals surface area contributed by atoms with Gasteiger partial charge in [0.15, 0.2) is 0 Å². The van der Waals surface area contributed by atoms with E-state index in [0.29, 0.717) is 45.0 Å². The highest BCUT2D eigenvalue weighted by molar-refractivity contribution is 6.32. The zero-order valence-corrected chi connectivity index (χ0v) is 23.7. The van der Waals surface area contributed by atoms with Gasteiger partial charge >= 0.3 is 0 Å². The first-order chi connectivity index (χ1) is 19.8. The Labute approximate surface area is 242 Å². The number of aromatic amines is 1. The Hall–Kier alpha value is -4.14. The van der Waals surface area contributed by atoms with Crippen molar-refractivity contribution >= 4 is 34.1 Å². The molecule has 3 N–H and O–H groups in total. The van der Waals surface area contributed by atoms with Crippen molar-refractivity contribution in [1.29, 1.82) is 0 Å². The van der Waals surface area contributed by atoms with Crippen LogP contribution in [0.15, 0.2) is 72.9 Å². The lowest BCUT2D eigenvalue weighted by Gasteiger charge is -2.34. The summed E-state index contributed by atoms with van der Waals surface area (Å²) in [6, 6.07) is 20.0. The van der Waals surface area contributed by atoms with Crippen LogP contribution in [0.5, 0.6) is 11.5 Å². The maximum absolute atomic E-state index is 15.2. The van der Waals surface area contributed by atoms with Gasteiger partial charge in [0, 0.05) is 16.9 Å². The highest BCUT2D eigenvalue weighted by atomic mass is 35.5. The topological polar surface area (TPSA) is 89.2 Å². The molecule has 0 aliphatic carbocycles. The van der Waals surface area contributed by atoms with Crippen molar-refractivity contribution in [2.24, 2.45) is 0 Å². The SMILES string of the molecule is CC(C)N1CCC(c2cc3cc(C(=O)c4cnn(-c5ccc(Oc6ccccc6Cl)cc5)c4N)[nH]c3cc2F)CC1. The van der Waals surface area contributed by atoms with Gasteiger partial charge in [0.25, 0.3) is 0 Å². The summed E-state index contributed by atoms with van der Waals surface area (Å²) in [6.45, 7) is 6.29. The Morgan fingerprint density at radius 3 is 2.54 bits per heavy atom. The predicted molar refractivity (Wildman–Crippen MR) is 160 cm³/mol. The number of anilines is 1. The van der Waals surface area contributed by atoms with E-state index in [1.807, 2.05) is 18.2 Å². The van der Waals surface area contributed by atoms with E-state index >= 15 is 4.39 Å². The van der Waals surface area contributed by atoms with Gasteiger partial charge in [0.05, 0.1) is 28.2 Å². The fourth-order valence-electron chi connectivity index (χ4n) is 5.53. The third-order valence-electron chi connectivity index (χ3n) is 7.88. The van der Waals surface area contributed by atoms with Crippen LogP contribution >= 0.6 is 11.6 Å². The predicted octanol–water partition coefficient (Wildman–Crippen LogP) is 7.34. The average Bonchev–Trinajstić information content (AvgIpc) is 3.57. The number of H-pyrrole nitrogens is 1. The van der Waals surface area contributed by atoms with E-state index in [-0.39, 0.29) is 28.9 Å². The highest BCUT2D eigenvalue weighted by Crippen LogP contribution is 2.34. The Bertz CT molecular complexity index is 1720. The fourth-order valence-corrected chi connectivity index (χ4v) is 5.70. The lowest BCUT2D eigenvalue weighted by atomic mass is 9.88. The number of nitrogens with two attached hydrogens (primary N) is 1. The standard InChI is InChI=1S/C32H31ClFN5O2/c1-19(2)38-13-11-20(12-14-38)24-15-21-16-29(37-28(21)17-27(24)34)31(40)25-18-36-39(32(25)35)22-7-9-23(10-8-22)41-30-6-4-3-5-26(30)33/h3-10,15-20,37H,11-14,35H2,1-2H3. The van der Waals surface area contributed by atoms with E-state index < -0.39 is 0 Å². The molecule has 0 radical (unpaired) electrons. The molecule has 6 rings (SSSR count). The molecule has 1 aliphatic heterocycles. The summed E-state index contributed by atoms with van der Waals surface area (Å²) >= 11 is 6.19. The minimum atomic E-state index is -0.309. The first-order valence-corrected chi connectivity index (χ1v) is 14.1. The Morgan fingerprint density at radius 1 is 1.10 bits per heavy atom. The first-order valence-electron chi connectivity index (χ1n) is 13.8. The summed E-state index contributed by atoms with van der Waals surface area (Å²) in [5.74, 6) is 0.969. The smallest absolute Gasteiger partial charge is 0.214 e. The monoisotopic (exact) mass is 571 g/mol. The molecule has 3 aromatic carbocycles. The van der Waals surface area contributed by atoms with Gasteiger partial charge in [-0.05, 0) is 106 Å². The quantitative estimate of drug-likeness (QED) is 0.199. The van der Waals surface area contributed by atoms with Gasteiger partial charge < -0.3 is 20.4 Å². The van der Waals surface area contributed by atoms with Crippen molar-refractivity contribution in [3.63, 3.8) is 0 Å². The molecule has 1 fully saturated rings. The molecule has 210 valence electrons. The van der Waals surface area contributed by atoms with Gasteiger partial charge in [-0.2, -0.15) is 5.10 Å². The van der Waals surface area contributed by atoms with Crippen LogP contribution in [0, 0.1) is 5.82 Å². The fraction of sp³-hybridized carbons (Fsp3) is 0.250. The molecular formula is C32H31ClFN5O2. The number of rotatable bonds is 7. The number of ether oxygens (including phenoxy) is 1. The van der Waals surface area contributed by atoms with E-state index in [9.17, 15) is 4.79 Å². The third kappa shape index (κ3) is 5.33. The Balaban J connectivity index is 1.21. The van der Waals surface area contributed by atoms with Crippen molar-refractivity contribution in [2.75, 3.05) is 18.8 Å². The number of hydrogen-bond donors (Lipinski definition) is 2. The summed E-state index contributed by atoms with van der Waals surface area (Å²) in [7, 11) is 0. The van der Waals surface area contributed by atoms with Crippen molar-refractivity contribution in [3.8, 4) is 17.2 Å². The van der Waals surface area contributed by atoms with Crippen molar-refractivity contribution < 1.29 is 13.9 Å². The van der Waals surface area contributed by atoms with E-state index in [1.54, 1.807) is 42.5 Å². The van der Waals surface area contributed by atoms with Crippen LogP contribution in [0.4, 0.5) is 10.2 Å². The molecule has 0 unspecified atom stereocenters. The van der Waals surface area contributed by atoms with E-state index in [2.05, 4.69) is 28.8 Å². The minimum Gasteiger partial charge on any atom is -0.456 e. The van der Waals surface area contributed by atoms with E-state index in [4.69, 9.17) is 22.1 Å². The third-order valence-corrected chi connectivity index (χ3v) is 8.19. The van der Waals surface area contributed by atoms with Crippen LogP contribution in [0.1, 0.15) is 54.2 Å². The number of carbonyl (C=O) groups is 1. The molecule has 0 amide bonds. The molecule has 3 heterocycles. The van der Waals surface area contributed by atoms with Gasteiger partial charge in [0.2, 0.25) is 5.78 Å².